The topological polar surface area (TPSA) is 43.4 Å². The van der Waals surface area contributed by atoms with Gasteiger partial charge in [0.25, 0.3) is 0 Å². The smallest absolute Gasteiger partial charge is 0.319 e. The maximum atomic E-state index is 13.5. The molecule has 0 heterocycles. The van der Waals surface area contributed by atoms with Crippen LogP contribution in [0.15, 0.2) is 115 Å². The molecule has 158 valence electrons. The van der Waals surface area contributed by atoms with Crippen LogP contribution in [0.3, 0.4) is 0 Å². The molecule has 1 unspecified atom stereocenters. The second-order valence-corrected chi connectivity index (χ2v) is 7.71. The molecule has 4 rings (SSSR count). The molecule has 4 aromatic rings. The van der Waals surface area contributed by atoms with E-state index in [0.29, 0.717) is 11.1 Å². The summed E-state index contributed by atoms with van der Waals surface area (Å²) in [5, 5.41) is 0. The molecule has 0 amide bonds. The Morgan fingerprint density at radius 3 is 1.50 bits per heavy atom. The molecule has 0 radical (unpaired) electrons. The zero-order valence-corrected chi connectivity index (χ0v) is 17.8. The Kier molecular flexibility index (Phi) is 6.57. The lowest BCUT2D eigenvalue weighted by atomic mass is 9.91. The van der Waals surface area contributed by atoms with E-state index in [4.69, 9.17) is 4.74 Å². The lowest BCUT2D eigenvalue weighted by molar-refractivity contribution is -0.148. The van der Waals surface area contributed by atoms with Crippen molar-refractivity contribution in [1.82, 2.24) is 0 Å². The molecule has 0 aliphatic rings. The van der Waals surface area contributed by atoms with Crippen molar-refractivity contribution >= 4 is 11.8 Å². The molecule has 0 aliphatic heterocycles. The van der Waals surface area contributed by atoms with E-state index in [1.807, 2.05) is 110 Å². The van der Waals surface area contributed by atoms with E-state index >= 15 is 0 Å². The number of carbonyl (C=O) groups is 2. The van der Waals surface area contributed by atoms with Crippen LogP contribution in [-0.2, 0) is 9.53 Å². The van der Waals surface area contributed by atoms with Gasteiger partial charge in [0, 0.05) is 11.1 Å². The summed E-state index contributed by atoms with van der Waals surface area (Å²) in [5.74, 6) is -1.34. The fourth-order valence-corrected chi connectivity index (χ4v) is 3.71. The van der Waals surface area contributed by atoms with Gasteiger partial charge in [0.05, 0.1) is 0 Å². The number of hydrogen-bond acceptors (Lipinski definition) is 3. The van der Waals surface area contributed by atoms with Gasteiger partial charge in [-0.2, -0.15) is 0 Å². The summed E-state index contributed by atoms with van der Waals surface area (Å²) in [7, 11) is 0. The van der Waals surface area contributed by atoms with Gasteiger partial charge >= 0.3 is 5.97 Å². The van der Waals surface area contributed by atoms with Gasteiger partial charge < -0.3 is 4.74 Å². The minimum Gasteiger partial charge on any atom is -0.448 e. The van der Waals surface area contributed by atoms with Crippen molar-refractivity contribution in [2.45, 2.75) is 18.9 Å². The van der Waals surface area contributed by atoms with Crippen LogP contribution in [0.25, 0.3) is 0 Å². The van der Waals surface area contributed by atoms with Crippen LogP contribution < -0.4 is 0 Å². The maximum absolute atomic E-state index is 13.5. The van der Waals surface area contributed by atoms with Gasteiger partial charge in [-0.1, -0.05) is 121 Å². The number of esters is 1. The fourth-order valence-electron chi connectivity index (χ4n) is 3.71. The molecule has 32 heavy (non-hydrogen) atoms. The Balaban J connectivity index is 1.71. The highest BCUT2D eigenvalue weighted by molar-refractivity contribution is 6.01. The molecule has 0 saturated heterocycles. The zero-order valence-electron chi connectivity index (χ0n) is 17.8. The van der Waals surface area contributed by atoms with E-state index in [9.17, 15) is 9.59 Å². The third-order valence-corrected chi connectivity index (χ3v) is 5.41. The minimum atomic E-state index is -1.03. The highest BCUT2D eigenvalue weighted by Crippen LogP contribution is 2.30. The predicted molar refractivity (Wildman–Crippen MR) is 126 cm³/mol. The molecule has 0 N–H and O–H groups in total. The first kappa shape index (κ1) is 21.3. The van der Waals surface area contributed by atoms with Crippen LogP contribution in [0, 0.1) is 6.92 Å². The van der Waals surface area contributed by atoms with Crippen LogP contribution >= 0.6 is 0 Å². The Morgan fingerprint density at radius 2 is 1.03 bits per heavy atom. The number of aryl methyl sites for hydroxylation is 1. The first-order chi connectivity index (χ1) is 15.6. The lowest BCUT2D eigenvalue weighted by Gasteiger charge is -2.22. The van der Waals surface area contributed by atoms with Gasteiger partial charge in [0.2, 0.25) is 5.78 Å². The standard InChI is InChI=1S/C29H24O3/c1-21-17-19-24(20-18-21)27(30)28(25-15-9-4-10-16-25)32-29(31)26(22-11-5-2-6-12-22)23-13-7-3-8-14-23/h2-20,26,28H,1H3. The quantitative estimate of drug-likeness (QED) is 0.260. The van der Waals surface area contributed by atoms with Crippen LogP contribution in [0.4, 0.5) is 0 Å². The number of ether oxygens (including phenoxy) is 1. The van der Waals surface area contributed by atoms with E-state index in [-0.39, 0.29) is 5.78 Å². The Hall–Kier alpha value is -3.98. The van der Waals surface area contributed by atoms with Crippen LogP contribution in [-0.4, -0.2) is 11.8 Å². The summed E-state index contributed by atoms with van der Waals surface area (Å²) >= 11 is 0. The Labute approximate surface area is 188 Å². The number of rotatable bonds is 7. The minimum absolute atomic E-state index is 0.246. The highest BCUT2D eigenvalue weighted by atomic mass is 16.5. The number of benzene rings is 4. The number of carbonyl (C=O) groups excluding carboxylic acids is 2. The normalized spacial score (nSPS) is 11.7. The average Bonchev–Trinajstić information content (AvgIpc) is 2.85. The van der Waals surface area contributed by atoms with E-state index in [1.165, 1.54) is 0 Å². The van der Waals surface area contributed by atoms with Gasteiger partial charge in [0.1, 0.15) is 5.92 Å². The van der Waals surface area contributed by atoms with Crippen LogP contribution in [0.5, 0.6) is 0 Å². The molecular weight excluding hydrogens is 396 g/mol. The van der Waals surface area contributed by atoms with Crippen molar-refractivity contribution in [2.75, 3.05) is 0 Å². The molecule has 0 fully saturated rings. The third kappa shape index (κ3) is 4.84. The van der Waals surface area contributed by atoms with E-state index in [1.54, 1.807) is 12.1 Å². The average molecular weight is 421 g/mol. The van der Waals surface area contributed by atoms with E-state index < -0.39 is 18.0 Å². The third-order valence-electron chi connectivity index (χ3n) is 5.41. The van der Waals surface area contributed by atoms with Gasteiger partial charge in [-0.15, -0.1) is 0 Å². The van der Waals surface area contributed by atoms with Gasteiger partial charge in [0.15, 0.2) is 6.10 Å². The number of Topliss-reactive ketones (excluding diaryl/α,β-unsaturated/α-hetero) is 1. The molecule has 0 aromatic heterocycles. The van der Waals surface area contributed by atoms with Crippen LogP contribution in [0.1, 0.15) is 44.6 Å². The van der Waals surface area contributed by atoms with Crippen molar-refractivity contribution in [2.24, 2.45) is 0 Å². The van der Waals surface area contributed by atoms with Crippen molar-refractivity contribution in [1.29, 1.82) is 0 Å². The summed E-state index contributed by atoms with van der Waals surface area (Å²) < 4.78 is 5.97. The molecule has 0 aliphatic carbocycles. The number of ketones is 1. The van der Waals surface area contributed by atoms with Crippen molar-refractivity contribution in [3.63, 3.8) is 0 Å². The summed E-state index contributed by atoms with van der Waals surface area (Å²) in [5.41, 5.74) is 3.85. The molecule has 0 saturated carbocycles. The molecule has 0 bridgehead atoms. The molecular formula is C29H24O3. The fraction of sp³-hybridized carbons (Fsp3) is 0.103. The first-order valence-corrected chi connectivity index (χ1v) is 10.6. The van der Waals surface area contributed by atoms with Crippen molar-refractivity contribution < 1.29 is 14.3 Å². The summed E-state index contributed by atoms with van der Waals surface area (Å²) in [6, 6.07) is 35.5. The molecule has 0 spiro atoms. The Bertz CT molecular complexity index is 1130. The van der Waals surface area contributed by atoms with Gasteiger partial charge in [-0.3, -0.25) is 9.59 Å². The maximum Gasteiger partial charge on any atom is 0.319 e. The van der Waals surface area contributed by atoms with E-state index in [0.717, 1.165) is 16.7 Å². The highest BCUT2D eigenvalue weighted by Gasteiger charge is 2.31. The first-order valence-electron chi connectivity index (χ1n) is 10.6. The second-order valence-electron chi connectivity index (χ2n) is 7.71. The molecule has 3 heteroatoms. The largest absolute Gasteiger partial charge is 0.448 e. The SMILES string of the molecule is Cc1ccc(C(=O)C(OC(=O)C(c2ccccc2)c2ccccc2)c2ccccc2)cc1. The monoisotopic (exact) mass is 420 g/mol. The predicted octanol–water partition coefficient (Wildman–Crippen LogP) is 6.29. The van der Waals surface area contributed by atoms with Gasteiger partial charge in [-0.25, -0.2) is 0 Å². The number of hydrogen-bond donors (Lipinski definition) is 0. The second kappa shape index (κ2) is 9.88. The molecule has 1 atom stereocenters. The van der Waals surface area contributed by atoms with Gasteiger partial charge in [-0.05, 0) is 18.1 Å². The van der Waals surface area contributed by atoms with Crippen molar-refractivity contribution in [3.05, 3.63) is 143 Å². The molecule has 4 aromatic carbocycles. The molecule has 3 nitrogen and oxygen atoms in total. The summed E-state index contributed by atoms with van der Waals surface area (Å²) in [4.78, 5) is 27.0. The Morgan fingerprint density at radius 1 is 0.594 bits per heavy atom. The van der Waals surface area contributed by atoms with E-state index in [2.05, 4.69) is 0 Å². The van der Waals surface area contributed by atoms with Crippen LogP contribution in [0.2, 0.25) is 0 Å². The van der Waals surface area contributed by atoms with Crippen molar-refractivity contribution in [3.8, 4) is 0 Å². The summed E-state index contributed by atoms with van der Waals surface area (Å²) in [6.45, 7) is 1.97. The zero-order chi connectivity index (χ0) is 22.3. The lowest BCUT2D eigenvalue weighted by Crippen LogP contribution is -2.24. The summed E-state index contributed by atoms with van der Waals surface area (Å²) in [6.07, 6.45) is -1.03.